The van der Waals surface area contributed by atoms with Gasteiger partial charge in [0.25, 0.3) is 0 Å². The molecule has 0 unspecified atom stereocenters. The molecule has 4 heteroatoms. The van der Waals surface area contributed by atoms with Crippen molar-refractivity contribution in [2.45, 2.75) is 39.5 Å². The number of nitriles is 2. The van der Waals surface area contributed by atoms with Gasteiger partial charge in [-0.25, -0.2) is 0 Å². The lowest BCUT2D eigenvalue weighted by Gasteiger charge is -2.28. The van der Waals surface area contributed by atoms with Crippen LogP contribution in [0.4, 0.5) is 11.4 Å². The fourth-order valence-corrected chi connectivity index (χ4v) is 5.84. The molecule has 0 atom stereocenters. The Hall–Kier alpha value is -5.84. The van der Waals surface area contributed by atoms with E-state index in [4.69, 9.17) is 4.74 Å². The first-order chi connectivity index (χ1) is 22.8. The van der Waals surface area contributed by atoms with Crippen molar-refractivity contribution in [3.8, 4) is 12.1 Å². The van der Waals surface area contributed by atoms with Crippen molar-refractivity contribution in [3.05, 3.63) is 155 Å². The van der Waals surface area contributed by atoms with Crippen LogP contribution in [0.3, 0.4) is 0 Å². The first kappa shape index (κ1) is 32.6. The van der Waals surface area contributed by atoms with Crippen LogP contribution in [-0.4, -0.2) is 7.11 Å². The Morgan fingerprint density at radius 1 is 0.787 bits per heavy atom. The second kappa shape index (κ2) is 14.5. The number of fused-ring (bicyclic) bond motifs is 2. The van der Waals surface area contributed by atoms with Crippen molar-refractivity contribution >= 4 is 45.1 Å². The first-order valence-electron chi connectivity index (χ1n) is 15.8. The monoisotopic (exact) mass is 613 g/mol. The normalized spacial score (nSPS) is 12.3. The Morgan fingerprint density at radius 2 is 1.49 bits per heavy atom. The van der Waals surface area contributed by atoms with Crippen LogP contribution in [0.15, 0.2) is 127 Å². The number of methoxy groups -OCH3 is 1. The van der Waals surface area contributed by atoms with Crippen molar-refractivity contribution in [3.63, 3.8) is 0 Å². The molecule has 0 N–H and O–H groups in total. The van der Waals surface area contributed by atoms with Gasteiger partial charge in [-0.05, 0) is 70.3 Å². The fraction of sp³-hybridized carbons (Fsp3) is 0.163. The van der Waals surface area contributed by atoms with Crippen LogP contribution >= 0.6 is 0 Å². The molecule has 232 valence electrons. The molecule has 0 amide bonds. The number of hydrogen-bond donors (Lipinski definition) is 0. The average molecular weight is 614 g/mol. The van der Waals surface area contributed by atoms with Crippen LogP contribution < -0.4 is 4.90 Å². The van der Waals surface area contributed by atoms with E-state index in [0.29, 0.717) is 11.1 Å². The summed E-state index contributed by atoms with van der Waals surface area (Å²) in [6, 6.07) is 35.9. The molecule has 0 spiro atoms. The zero-order valence-corrected chi connectivity index (χ0v) is 27.7. The zero-order valence-electron chi connectivity index (χ0n) is 27.7. The quantitative estimate of drug-likeness (QED) is 0.0942. The van der Waals surface area contributed by atoms with Crippen molar-refractivity contribution in [2.24, 2.45) is 0 Å². The highest BCUT2D eigenvalue weighted by Gasteiger charge is 2.21. The van der Waals surface area contributed by atoms with Crippen LogP contribution in [0.25, 0.3) is 33.7 Å². The van der Waals surface area contributed by atoms with Crippen molar-refractivity contribution in [2.75, 3.05) is 12.0 Å². The summed E-state index contributed by atoms with van der Waals surface area (Å²) >= 11 is 0. The average Bonchev–Trinajstić information content (AvgIpc) is 3.08. The van der Waals surface area contributed by atoms with Gasteiger partial charge in [-0.1, -0.05) is 119 Å². The van der Waals surface area contributed by atoms with E-state index in [2.05, 4.69) is 130 Å². The van der Waals surface area contributed by atoms with Gasteiger partial charge in [0.2, 0.25) is 0 Å². The molecule has 5 aromatic carbocycles. The number of allylic oxidation sites excluding steroid dienone is 4. The Kier molecular flexibility index (Phi) is 10.0. The predicted octanol–water partition coefficient (Wildman–Crippen LogP) is 11.4. The lowest BCUT2D eigenvalue weighted by Crippen LogP contribution is -2.15. The van der Waals surface area contributed by atoms with Gasteiger partial charge in [-0.15, -0.1) is 0 Å². The minimum Gasteiger partial charge on any atom is -0.504 e. The lowest BCUT2D eigenvalue weighted by atomic mass is 9.81. The molecule has 0 radical (unpaired) electrons. The molecule has 0 saturated carbocycles. The summed E-state index contributed by atoms with van der Waals surface area (Å²) in [5, 5.41) is 24.1. The Morgan fingerprint density at radius 3 is 2.19 bits per heavy atom. The van der Waals surface area contributed by atoms with Gasteiger partial charge in [0.1, 0.15) is 12.1 Å². The summed E-state index contributed by atoms with van der Waals surface area (Å²) in [5.74, 6) is 0. The maximum atomic E-state index is 10.2. The number of benzene rings is 5. The largest absolute Gasteiger partial charge is 0.504 e. The van der Waals surface area contributed by atoms with E-state index >= 15 is 0 Å². The summed E-state index contributed by atoms with van der Waals surface area (Å²) in [5.41, 5.74) is 6.91. The number of hydrogen-bond acceptors (Lipinski definition) is 4. The first-order valence-corrected chi connectivity index (χ1v) is 15.8. The number of ether oxygens (including phenoxy) is 1. The van der Waals surface area contributed by atoms with E-state index in [1.54, 1.807) is 13.4 Å². The van der Waals surface area contributed by atoms with E-state index in [-0.39, 0.29) is 5.41 Å². The molecule has 0 aliphatic rings. The highest BCUT2D eigenvalue weighted by molar-refractivity contribution is 5.98. The van der Waals surface area contributed by atoms with Gasteiger partial charge in [0.15, 0.2) is 0 Å². The Balaban J connectivity index is 1.56. The summed E-state index contributed by atoms with van der Waals surface area (Å²) in [4.78, 5) is 2.26. The van der Waals surface area contributed by atoms with Crippen LogP contribution in [-0.2, 0) is 10.2 Å². The Labute approximate surface area is 278 Å². The highest BCUT2D eigenvalue weighted by atomic mass is 16.5. The van der Waals surface area contributed by atoms with Crippen LogP contribution in [0.5, 0.6) is 0 Å². The molecule has 0 bridgehead atoms. The minimum atomic E-state index is -0.177. The molecular formula is C43H39N3O. The number of nitrogens with zero attached hydrogens (tertiary/aromatic N) is 3. The zero-order chi connectivity index (χ0) is 33.4. The maximum absolute atomic E-state index is 10.2. The molecule has 0 aromatic heterocycles. The topological polar surface area (TPSA) is 60.0 Å². The van der Waals surface area contributed by atoms with E-state index in [1.165, 1.54) is 5.39 Å². The van der Waals surface area contributed by atoms with Gasteiger partial charge in [-0.2, -0.15) is 10.5 Å². The summed E-state index contributed by atoms with van der Waals surface area (Å²) < 4.78 is 5.20. The molecule has 0 aliphatic heterocycles. The second-order valence-electron chi connectivity index (χ2n) is 12.3. The smallest absolute Gasteiger partial charge is 0.100 e. The van der Waals surface area contributed by atoms with E-state index in [9.17, 15) is 10.5 Å². The lowest BCUT2D eigenvalue weighted by molar-refractivity contribution is 0.338. The van der Waals surface area contributed by atoms with Crippen molar-refractivity contribution in [1.82, 2.24) is 0 Å². The standard InChI is InChI=1S/C43H39N3O/c1-6-7-14-34(15-11-28-47-5)46(42-17-10-13-32-12-8-9-16-36(32)42)35-23-19-31(20-24-35)18-21-33-22-25-38-37(39(33)29-44)26-27-41(40(38)30-45)43(2,3)4/h7-28H,6H2,1-5H3/b14-7-,21-18?,28-11+,34-15+. The third-order valence-electron chi connectivity index (χ3n) is 8.14. The Bertz CT molecular complexity index is 2110. The van der Waals surface area contributed by atoms with E-state index in [1.807, 2.05) is 42.5 Å². The fourth-order valence-electron chi connectivity index (χ4n) is 5.84. The third-order valence-corrected chi connectivity index (χ3v) is 8.14. The number of rotatable bonds is 9. The van der Waals surface area contributed by atoms with Gasteiger partial charge in [0.05, 0.1) is 30.2 Å². The van der Waals surface area contributed by atoms with Crippen LogP contribution in [0, 0.1) is 22.7 Å². The van der Waals surface area contributed by atoms with Gasteiger partial charge < -0.3 is 9.64 Å². The SMILES string of the molecule is CC\C=C/C(=C\C=C\OC)N(c1ccc(C=Cc2ccc3c(C#N)c(C(C)(C)C)ccc3c2C#N)cc1)c1cccc2ccccc12. The van der Waals surface area contributed by atoms with Crippen LogP contribution in [0.2, 0.25) is 0 Å². The summed E-state index contributed by atoms with van der Waals surface area (Å²) in [6.07, 6.45) is 14.8. The molecule has 4 nitrogen and oxygen atoms in total. The third kappa shape index (κ3) is 7.04. The predicted molar refractivity (Wildman–Crippen MR) is 197 cm³/mol. The van der Waals surface area contributed by atoms with Crippen molar-refractivity contribution in [1.29, 1.82) is 10.5 Å². The molecule has 5 rings (SSSR count). The molecule has 5 aromatic rings. The van der Waals surface area contributed by atoms with Crippen LogP contribution in [0.1, 0.15) is 61.9 Å². The molecule has 0 aliphatic carbocycles. The highest BCUT2D eigenvalue weighted by Crippen LogP contribution is 2.37. The minimum absolute atomic E-state index is 0.177. The molecule has 0 fully saturated rings. The van der Waals surface area contributed by atoms with E-state index in [0.717, 1.165) is 56.3 Å². The summed E-state index contributed by atoms with van der Waals surface area (Å²) in [6.45, 7) is 8.42. The molecule has 0 heterocycles. The summed E-state index contributed by atoms with van der Waals surface area (Å²) in [7, 11) is 1.64. The maximum Gasteiger partial charge on any atom is 0.100 e. The van der Waals surface area contributed by atoms with E-state index < -0.39 is 0 Å². The second-order valence-corrected chi connectivity index (χ2v) is 12.3. The number of anilines is 2. The van der Waals surface area contributed by atoms with Gasteiger partial charge in [0, 0.05) is 27.5 Å². The van der Waals surface area contributed by atoms with Gasteiger partial charge >= 0.3 is 0 Å². The molecule has 0 saturated heterocycles. The van der Waals surface area contributed by atoms with Crippen molar-refractivity contribution < 1.29 is 4.74 Å². The molecular weight excluding hydrogens is 574 g/mol. The van der Waals surface area contributed by atoms with Gasteiger partial charge in [-0.3, -0.25) is 0 Å². The molecule has 47 heavy (non-hydrogen) atoms.